The Morgan fingerprint density at radius 2 is 2.12 bits per heavy atom. The smallest absolute Gasteiger partial charge is 0.257 e. The Bertz CT molecular complexity index is 766. The van der Waals surface area contributed by atoms with Gasteiger partial charge in [0.15, 0.2) is 5.82 Å². The molecule has 0 bridgehead atoms. The van der Waals surface area contributed by atoms with Crippen molar-refractivity contribution in [1.29, 1.82) is 0 Å². The summed E-state index contributed by atoms with van der Waals surface area (Å²) in [6, 6.07) is 6.60. The number of sulfonamides is 1. The molecule has 0 aliphatic heterocycles. The first-order chi connectivity index (χ1) is 11.5. The molecule has 0 aliphatic rings. The van der Waals surface area contributed by atoms with Crippen LogP contribution in [-0.4, -0.2) is 51.9 Å². The zero-order valence-electron chi connectivity index (χ0n) is 14.4. The fraction of sp³-hybridized carbons (Fsp3) is 0.467. The predicted octanol–water partition coefficient (Wildman–Crippen LogP) is 1.23. The van der Waals surface area contributed by atoms with Crippen molar-refractivity contribution < 1.29 is 17.7 Å². The normalized spacial score (nSPS) is 12.6. The third-order valence-corrected chi connectivity index (χ3v) is 4.90. The van der Waals surface area contributed by atoms with Gasteiger partial charge in [0.1, 0.15) is 0 Å². The SMILES string of the molecule is CNC(C)Cc1noc(-c2cccc(S(=O)(=O)NCCOC)c2)n1.Cl. The van der Waals surface area contributed by atoms with Gasteiger partial charge in [-0.25, -0.2) is 13.1 Å². The second-order valence-electron chi connectivity index (χ2n) is 5.33. The highest BCUT2D eigenvalue weighted by molar-refractivity contribution is 7.89. The molecule has 2 N–H and O–H groups in total. The lowest BCUT2D eigenvalue weighted by molar-refractivity contribution is 0.204. The molecule has 1 heterocycles. The summed E-state index contributed by atoms with van der Waals surface area (Å²) in [5, 5.41) is 7.02. The van der Waals surface area contributed by atoms with Crippen LogP contribution in [0.3, 0.4) is 0 Å². The van der Waals surface area contributed by atoms with E-state index in [1.807, 2.05) is 14.0 Å². The quantitative estimate of drug-likeness (QED) is 0.620. The number of nitrogens with one attached hydrogen (secondary N) is 2. The van der Waals surface area contributed by atoms with Crippen molar-refractivity contribution in [3.63, 3.8) is 0 Å². The van der Waals surface area contributed by atoms with E-state index < -0.39 is 10.0 Å². The molecule has 2 aromatic rings. The summed E-state index contributed by atoms with van der Waals surface area (Å²) in [7, 11) is -0.240. The zero-order chi connectivity index (χ0) is 17.6. The van der Waals surface area contributed by atoms with Gasteiger partial charge in [0.05, 0.1) is 11.5 Å². The number of ether oxygens (including phenoxy) is 1. The molecule has 0 saturated carbocycles. The van der Waals surface area contributed by atoms with Crippen molar-refractivity contribution >= 4 is 22.4 Å². The number of likely N-dealkylation sites (N-methyl/N-ethyl adjacent to an activating group) is 1. The predicted molar refractivity (Wildman–Crippen MR) is 96.3 cm³/mol. The lowest BCUT2D eigenvalue weighted by Crippen LogP contribution is -2.27. The maximum atomic E-state index is 12.2. The first-order valence-corrected chi connectivity index (χ1v) is 9.03. The number of halogens is 1. The molecule has 0 amide bonds. The summed E-state index contributed by atoms with van der Waals surface area (Å²) in [4.78, 5) is 4.45. The molecule has 8 nitrogen and oxygen atoms in total. The van der Waals surface area contributed by atoms with Crippen LogP contribution in [0.2, 0.25) is 0 Å². The molecule has 0 aliphatic carbocycles. The van der Waals surface area contributed by atoms with Crippen LogP contribution in [-0.2, 0) is 21.2 Å². The Balaban J connectivity index is 0.00000312. The van der Waals surface area contributed by atoms with E-state index in [0.717, 1.165) is 0 Å². The molecule has 25 heavy (non-hydrogen) atoms. The van der Waals surface area contributed by atoms with Gasteiger partial charge in [-0.15, -0.1) is 12.4 Å². The number of hydrogen-bond acceptors (Lipinski definition) is 7. The summed E-state index contributed by atoms with van der Waals surface area (Å²) in [6.07, 6.45) is 0.622. The number of methoxy groups -OCH3 is 1. The van der Waals surface area contributed by atoms with Gasteiger partial charge in [-0.05, 0) is 32.2 Å². The van der Waals surface area contributed by atoms with Crippen molar-refractivity contribution in [2.24, 2.45) is 0 Å². The minimum atomic E-state index is -3.61. The van der Waals surface area contributed by atoms with Crippen LogP contribution >= 0.6 is 12.4 Å². The highest BCUT2D eigenvalue weighted by Gasteiger charge is 2.17. The van der Waals surface area contributed by atoms with Gasteiger partial charge in [0, 0.05) is 31.7 Å². The van der Waals surface area contributed by atoms with E-state index in [1.165, 1.54) is 19.2 Å². The highest BCUT2D eigenvalue weighted by atomic mass is 35.5. The van der Waals surface area contributed by atoms with E-state index >= 15 is 0 Å². The molecule has 0 saturated heterocycles. The minimum Gasteiger partial charge on any atom is -0.383 e. The summed E-state index contributed by atoms with van der Waals surface area (Å²) < 4.78 is 37.0. The van der Waals surface area contributed by atoms with E-state index in [4.69, 9.17) is 9.26 Å². The van der Waals surface area contributed by atoms with E-state index in [9.17, 15) is 8.42 Å². The maximum absolute atomic E-state index is 12.2. The zero-order valence-corrected chi connectivity index (χ0v) is 16.0. The summed E-state index contributed by atoms with van der Waals surface area (Å²) in [5.74, 6) is 0.862. The van der Waals surface area contributed by atoms with Crippen LogP contribution in [0.1, 0.15) is 12.7 Å². The van der Waals surface area contributed by atoms with Crippen LogP contribution in [0.5, 0.6) is 0 Å². The number of nitrogens with zero attached hydrogens (tertiary/aromatic N) is 2. The van der Waals surface area contributed by atoms with Crippen LogP contribution in [0.15, 0.2) is 33.7 Å². The lowest BCUT2D eigenvalue weighted by Gasteiger charge is -2.07. The van der Waals surface area contributed by atoms with Crippen molar-refractivity contribution in [2.75, 3.05) is 27.3 Å². The number of rotatable bonds is 9. The van der Waals surface area contributed by atoms with Crippen LogP contribution in [0.4, 0.5) is 0 Å². The van der Waals surface area contributed by atoms with E-state index in [2.05, 4.69) is 20.2 Å². The average Bonchev–Trinajstić information content (AvgIpc) is 3.03. The molecule has 1 aromatic carbocycles. The molecular weight excluding hydrogens is 368 g/mol. The Labute approximate surface area is 153 Å². The maximum Gasteiger partial charge on any atom is 0.257 e. The molecule has 1 aromatic heterocycles. The second kappa shape index (κ2) is 9.83. The van der Waals surface area contributed by atoms with Gasteiger partial charge in [-0.2, -0.15) is 4.98 Å². The van der Waals surface area contributed by atoms with E-state index in [0.29, 0.717) is 30.3 Å². The van der Waals surface area contributed by atoms with Crippen molar-refractivity contribution in [1.82, 2.24) is 20.2 Å². The number of benzene rings is 1. The first-order valence-electron chi connectivity index (χ1n) is 7.55. The highest BCUT2D eigenvalue weighted by Crippen LogP contribution is 2.21. The molecule has 1 atom stereocenters. The summed E-state index contributed by atoms with van der Waals surface area (Å²) >= 11 is 0. The molecular formula is C15H23ClN4O4S. The lowest BCUT2D eigenvalue weighted by atomic mass is 10.2. The Morgan fingerprint density at radius 1 is 1.36 bits per heavy atom. The van der Waals surface area contributed by atoms with Gasteiger partial charge in [0.25, 0.3) is 5.89 Å². The molecule has 0 spiro atoms. The second-order valence-corrected chi connectivity index (χ2v) is 7.09. The molecule has 1 unspecified atom stereocenters. The third kappa shape index (κ3) is 6.05. The fourth-order valence-electron chi connectivity index (χ4n) is 1.99. The van der Waals surface area contributed by atoms with Crippen LogP contribution in [0.25, 0.3) is 11.5 Å². The van der Waals surface area contributed by atoms with Gasteiger partial charge < -0.3 is 14.6 Å². The van der Waals surface area contributed by atoms with Gasteiger partial charge in [-0.3, -0.25) is 0 Å². The Hall–Kier alpha value is -1.52. The topological polar surface area (TPSA) is 106 Å². The van der Waals surface area contributed by atoms with Crippen molar-refractivity contribution in [3.8, 4) is 11.5 Å². The molecule has 0 fully saturated rings. The minimum absolute atomic E-state index is 0. The third-order valence-electron chi connectivity index (χ3n) is 3.44. The number of aromatic nitrogens is 2. The monoisotopic (exact) mass is 390 g/mol. The van der Waals surface area contributed by atoms with Crippen LogP contribution < -0.4 is 10.0 Å². The fourth-order valence-corrected chi connectivity index (χ4v) is 3.05. The molecule has 2 rings (SSSR count). The van der Waals surface area contributed by atoms with Gasteiger partial charge >= 0.3 is 0 Å². The standard InChI is InChI=1S/C15H22N4O4S.ClH/c1-11(16-2)9-14-18-15(23-19-14)12-5-4-6-13(10-12)24(20,21)17-7-8-22-3;/h4-6,10-11,16-17H,7-9H2,1-3H3;1H. The molecule has 0 radical (unpaired) electrons. The summed E-state index contributed by atoms with van der Waals surface area (Å²) in [5.41, 5.74) is 0.556. The summed E-state index contributed by atoms with van der Waals surface area (Å²) in [6.45, 7) is 2.51. The van der Waals surface area contributed by atoms with Gasteiger partial charge in [0.2, 0.25) is 10.0 Å². The number of hydrogen-bond donors (Lipinski definition) is 2. The van der Waals surface area contributed by atoms with Crippen molar-refractivity contribution in [3.05, 3.63) is 30.1 Å². The average molecular weight is 391 g/mol. The largest absolute Gasteiger partial charge is 0.383 e. The molecule has 140 valence electrons. The first kappa shape index (κ1) is 21.5. The van der Waals surface area contributed by atoms with E-state index in [-0.39, 0.29) is 29.9 Å². The van der Waals surface area contributed by atoms with Crippen molar-refractivity contribution in [2.45, 2.75) is 24.3 Å². The Kier molecular flexibility index (Phi) is 8.46. The van der Waals surface area contributed by atoms with E-state index in [1.54, 1.807) is 12.1 Å². The van der Waals surface area contributed by atoms with Gasteiger partial charge in [-0.1, -0.05) is 11.2 Å². The molecule has 10 heteroatoms. The van der Waals surface area contributed by atoms with Crippen LogP contribution in [0, 0.1) is 0 Å². The Morgan fingerprint density at radius 3 is 2.80 bits per heavy atom.